The minimum atomic E-state index is -0.490. The molecule has 0 aliphatic carbocycles. The Labute approximate surface area is 146 Å². The highest BCUT2D eigenvalue weighted by Gasteiger charge is 2.15. The Balaban J connectivity index is 2.59. The van der Waals surface area contributed by atoms with Gasteiger partial charge in [-0.15, -0.1) is 0 Å². The van der Waals surface area contributed by atoms with Crippen LogP contribution in [0.25, 0.3) is 6.08 Å². The molecule has 0 amide bonds. The van der Waals surface area contributed by atoms with Crippen molar-refractivity contribution in [1.29, 1.82) is 0 Å². The van der Waals surface area contributed by atoms with Gasteiger partial charge in [0.05, 0.1) is 6.42 Å². The second-order valence-electron chi connectivity index (χ2n) is 5.80. The van der Waals surface area contributed by atoms with Crippen LogP contribution < -0.4 is 0 Å². The maximum Gasteiger partial charge on any atom is 0.308 e. The molecule has 1 aromatic heterocycles. The molecule has 0 spiro atoms. The van der Waals surface area contributed by atoms with Gasteiger partial charge in [0, 0.05) is 13.3 Å². The van der Waals surface area contributed by atoms with E-state index >= 15 is 0 Å². The van der Waals surface area contributed by atoms with E-state index in [0.29, 0.717) is 6.42 Å². The minimum absolute atomic E-state index is 0.216. The van der Waals surface area contributed by atoms with Gasteiger partial charge < -0.3 is 9.47 Å². The van der Waals surface area contributed by atoms with Crippen LogP contribution in [0.3, 0.4) is 0 Å². The maximum atomic E-state index is 11.5. The van der Waals surface area contributed by atoms with E-state index in [4.69, 9.17) is 9.47 Å². The highest BCUT2D eigenvalue weighted by molar-refractivity contribution is 7.08. The minimum Gasteiger partial charge on any atom is -0.460 e. The Morgan fingerprint density at radius 1 is 1.29 bits per heavy atom. The summed E-state index contributed by atoms with van der Waals surface area (Å²) in [6.07, 6.45) is 2.25. The van der Waals surface area contributed by atoms with E-state index in [1.165, 1.54) is 18.3 Å². The van der Waals surface area contributed by atoms with Crippen LogP contribution in [0.2, 0.25) is 0 Å². The van der Waals surface area contributed by atoms with E-state index in [-0.39, 0.29) is 18.1 Å². The van der Waals surface area contributed by atoms with E-state index in [9.17, 15) is 9.59 Å². The molecule has 0 bridgehead atoms. The van der Waals surface area contributed by atoms with Crippen LogP contribution >= 0.6 is 11.3 Å². The Hall–Kier alpha value is -2.50. The standard InChI is InChI=1S/C19H20O4S/c1-15(20)22-17(13-16-11-12-24-14-16)9-7-5-6-8-10-18(21)23-19(2,3)4/h11-14H,8,10H2,1-4H3/b17-13-. The van der Waals surface area contributed by atoms with Gasteiger partial charge in [-0.3, -0.25) is 9.59 Å². The number of carbonyl (C=O) groups excluding carboxylic acids is 2. The van der Waals surface area contributed by atoms with E-state index in [1.807, 2.05) is 37.6 Å². The molecule has 0 unspecified atom stereocenters. The summed E-state index contributed by atoms with van der Waals surface area (Å²) in [5, 5.41) is 3.83. The van der Waals surface area contributed by atoms with Crippen LogP contribution in [-0.4, -0.2) is 17.5 Å². The number of carbonyl (C=O) groups is 2. The lowest BCUT2D eigenvalue weighted by Crippen LogP contribution is -2.23. The summed E-state index contributed by atoms with van der Waals surface area (Å²) in [6, 6.07) is 1.89. The topological polar surface area (TPSA) is 52.6 Å². The van der Waals surface area contributed by atoms with E-state index < -0.39 is 11.6 Å². The van der Waals surface area contributed by atoms with E-state index in [1.54, 1.807) is 6.08 Å². The molecule has 0 aliphatic rings. The molecule has 0 aliphatic heterocycles. The molecule has 0 saturated heterocycles. The Kier molecular flexibility index (Phi) is 7.82. The van der Waals surface area contributed by atoms with Crippen LogP contribution in [0.5, 0.6) is 0 Å². The van der Waals surface area contributed by atoms with E-state index in [0.717, 1.165) is 5.56 Å². The summed E-state index contributed by atoms with van der Waals surface area (Å²) >= 11 is 1.54. The van der Waals surface area contributed by atoms with Gasteiger partial charge in [-0.25, -0.2) is 0 Å². The predicted molar refractivity (Wildman–Crippen MR) is 94.7 cm³/mol. The predicted octanol–water partition coefficient (Wildman–Crippen LogP) is 3.78. The molecule has 0 radical (unpaired) electrons. The smallest absolute Gasteiger partial charge is 0.308 e. The number of hydrogen-bond donors (Lipinski definition) is 0. The fourth-order valence-electron chi connectivity index (χ4n) is 1.51. The number of hydrogen-bond acceptors (Lipinski definition) is 5. The number of ether oxygens (including phenoxy) is 2. The summed E-state index contributed by atoms with van der Waals surface area (Å²) < 4.78 is 10.2. The summed E-state index contributed by atoms with van der Waals surface area (Å²) in [5.74, 6) is 10.2. The van der Waals surface area contributed by atoms with Crippen LogP contribution in [0.4, 0.5) is 0 Å². The Bertz CT molecular complexity index is 713. The van der Waals surface area contributed by atoms with Crippen molar-refractivity contribution in [3.05, 3.63) is 28.1 Å². The molecular formula is C19H20O4S. The van der Waals surface area contributed by atoms with Gasteiger partial charge in [-0.2, -0.15) is 11.3 Å². The summed E-state index contributed by atoms with van der Waals surface area (Å²) in [7, 11) is 0. The maximum absolute atomic E-state index is 11.5. The molecule has 0 atom stereocenters. The van der Waals surface area contributed by atoms with Gasteiger partial charge in [0.15, 0.2) is 5.76 Å². The van der Waals surface area contributed by atoms with Crippen molar-refractivity contribution in [3.8, 4) is 23.7 Å². The normalized spacial score (nSPS) is 10.8. The molecule has 1 rings (SSSR count). The van der Waals surface area contributed by atoms with Crippen molar-refractivity contribution in [3.63, 3.8) is 0 Å². The molecule has 0 N–H and O–H groups in total. The molecule has 1 aromatic rings. The first kappa shape index (κ1) is 19.5. The zero-order chi connectivity index (χ0) is 18.0. The first-order valence-corrected chi connectivity index (χ1v) is 8.33. The van der Waals surface area contributed by atoms with Crippen molar-refractivity contribution >= 4 is 29.4 Å². The zero-order valence-corrected chi connectivity index (χ0v) is 15.1. The molecule has 126 valence electrons. The first-order chi connectivity index (χ1) is 11.3. The molecule has 5 heteroatoms. The lowest BCUT2D eigenvalue weighted by atomic mass is 10.2. The van der Waals surface area contributed by atoms with Gasteiger partial charge in [0.2, 0.25) is 0 Å². The number of allylic oxidation sites excluding steroid dienone is 1. The average molecular weight is 344 g/mol. The molecule has 1 heterocycles. The molecule has 0 aromatic carbocycles. The first-order valence-electron chi connectivity index (χ1n) is 7.39. The van der Waals surface area contributed by atoms with Gasteiger partial charge in [0.25, 0.3) is 0 Å². The van der Waals surface area contributed by atoms with Gasteiger partial charge in [-0.05, 0) is 67.0 Å². The van der Waals surface area contributed by atoms with Gasteiger partial charge in [0.1, 0.15) is 5.60 Å². The van der Waals surface area contributed by atoms with Crippen LogP contribution in [-0.2, 0) is 19.1 Å². The van der Waals surface area contributed by atoms with Crippen LogP contribution in [0.1, 0.15) is 46.1 Å². The molecule has 4 nitrogen and oxygen atoms in total. The number of rotatable bonds is 4. The van der Waals surface area contributed by atoms with E-state index in [2.05, 4.69) is 23.7 Å². The third-order valence-electron chi connectivity index (χ3n) is 2.31. The Morgan fingerprint density at radius 3 is 2.62 bits per heavy atom. The largest absolute Gasteiger partial charge is 0.460 e. The number of thiophene rings is 1. The zero-order valence-electron chi connectivity index (χ0n) is 14.3. The van der Waals surface area contributed by atoms with Gasteiger partial charge in [-0.1, -0.05) is 5.92 Å². The van der Waals surface area contributed by atoms with Crippen molar-refractivity contribution in [2.24, 2.45) is 0 Å². The van der Waals surface area contributed by atoms with Crippen LogP contribution in [0, 0.1) is 23.7 Å². The van der Waals surface area contributed by atoms with Crippen molar-refractivity contribution in [1.82, 2.24) is 0 Å². The van der Waals surface area contributed by atoms with Crippen molar-refractivity contribution < 1.29 is 19.1 Å². The Morgan fingerprint density at radius 2 is 2.04 bits per heavy atom. The second kappa shape index (κ2) is 9.60. The third-order valence-corrected chi connectivity index (χ3v) is 3.01. The lowest BCUT2D eigenvalue weighted by Gasteiger charge is -2.18. The monoisotopic (exact) mass is 344 g/mol. The fourth-order valence-corrected chi connectivity index (χ4v) is 2.13. The SMILES string of the molecule is CC(=O)O/C(C#CC#CCCC(=O)OC(C)(C)C)=C\c1ccsc1. The lowest BCUT2D eigenvalue weighted by molar-refractivity contribution is -0.154. The summed E-state index contributed by atoms with van der Waals surface area (Å²) in [6.45, 7) is 6.77. The van der Waals surface area contributed by atoms with Gasteiger partial charge >= 0.3 is 11.9 Å². The summed E-state index contributed by atoms with van der Waals surface area (Å²) in [5.41, 5.74) is 0.416. The average Bonchev–Trinajstić information content (AvgIpc) is 2.92. The van der Waals surface area contributed by atoms with Crippen LogP contribution in [0.15, 0.2) is 22.6 Å². The fraction of sp³-hybridized carbons (Fsp3) is 0.368. The highest BCUT2D eigenvalue weighted by atomic mass is 32.1. The molecule has 0 saturated carbocycles. The third kappa shape index (κ3) is 9.50. The van der Waals surface area contributed by atoms with Crippen molar-refractivity contribution in [2.45, 2.75) is 46.1 Å². The summed E-state index contributed by atoms with van der Waals surface area (Å²) in [4.78, 5) is 22.6. The number of esters is 2. The van der Waals surface area contributed by atoms with Crippen molar-refractivity contribution in [2.75, 3.05) is 0 Å². The quantitative estimate of drug-likeness (QED) is 0.474. The molecule has 24 heavy (non-hydrogen) atoms. The highest BCUT2D eigenvalue weighted by Crippen LogP contribution is 2.11. The molecular weight excluding hydrogens is 324 g/mol. The second-order valence-corrected chi connectivity index (χ2v) is 6.58. The molecule has 0 fully saturated rings.